The van der Waals surface area contributed by atoms with E-state index in [1.165, 1.54) is 10.9 Å². The summed E-state index contributed by atoms with van der Waals surface area (Å²) in [4.78, 5) is 18.6. The molecule has 5 nitrogen and oxygen atoms in total. The molecule has 2 heterocycles. The summed E-state index contributed by atoms with van der Waals surface area (Å²) < 4.78 is 6.18. The van der Waals surface area contributed by atoms with Crippen LogP contribution in [0.15, 0.2) is 54.7 Å². The molecule has 4 rings (SSSR count). The maximum Gasteiger partial charge on any atom is 0.317 e. The van der Waals surface area contributed by atoms with Crippen LogP contribution in [0.2, 0.25) is 0 Å². The number of likely N-dealkylation sites (tertiary alicyclic amines) is 1. The molecular weight excluding hydrogens is 374 g/mol. The largest absolute Gasteiger partial charge is 0.490 e. The van der Waals surface area contributed by atoms with E-state index in [1.807, 2.05) is 35.4 Å². The van der Waals surface area contributed by atoms with Crippen molar-refractivity contribution in [3.63, 3.8) is 0 Å². The average molecular weight is 404 g/mol. The molecule has 1 aliphatic rings. The molecule has 1 saturated heterocycles. The van der Waals surface area contributed by atoms with Crippen LogP contribution in [0, 0.1) is 6.92 Å². The van der Waals surface area contributed by atoms with Crippen molar-refractivity contribution in [2.75, 3.05) is 19.6 Å². The lowest BCUT2D eigenvalue weighted by Crippen LogP contribution is -2.46. The van der Waals surface area contributed by atoms with Gasteiger partial charge in [0.05, 0.1) is 5.52 Å². The van der Waals surface area contributed by atoms with E-state index in [-0.39, 0.29) is 12.1 Å². The van der Waals surface area contributed by atoms with Crippen molar-refractivity contribution in [2.45, 2.75) is 39.2 Å². The highest BCUT2D eigenvalue weighted by Gasteiger charge is 2.23. The van der Waals surface area contributed by atoms with Crippen molar-refractivity contribution in [3.05, 3.63) is 60.3 Å². The Kier molecular flexibility index (Phi) is 6.17. The molecule has 5 heteroatoms. The van der Waals surface area contributed by atoms with Gasteiger partial charge in [-0.1, -0.05) is 37.3 Å². The number of aromatic nitrogens is 1. The van der Waals surface area contributed by atoms with Gasteiger partial charge in [0.15, 0.2) is 0 Å². The monoisotopic (exact) mass is 403 g/mol. The van der Waals surface area contributed by atoms with Crippen LogP contribution in [0.3, 0.4) is 0 Å². The summed E-state index contributed by atoms with van der Waals surface area (Å²) in [5, 5.41) is 4.13. The number of fused-ring (bicyclic) bond motifs is 1. The van der Waals surface area contributed by atoms with Crippen molar-refractivity contribution in [1.82, 2.24) is 15.2 Å². The number of hydrogen-bond acceptors (Lipinski definition) is 3. The van der Waals surface area contributed by atoms with Gasteiger partial charge >= 0.3 is 6.03 Å². The summed E-state index contributed by atoms with van der Waals surface area (Å²) in [7, 11) is 0. The number of aryl methyl sites for hydroxylation is 1. The van der Waals surface area contributed by atoms with Gasteiger partial charge in [-0.05, 0) is 42.7 Å². The van der Waals surface area contributed by atoms with E-state index in [0.717, 1.165) is 61.3 Å². The molecule has 1 N–H and O–H groups in total. The molecule has 2 amide bonds. The summed E-state index contributed by atoms with van der Waals surface area (Å²) >= 11 is 0. The molecule has 2 aromatic carbocycles. The second kappa shape index (κ2) is 9.16. The molecule has 0 spiro atoms. The van der Waals surface area contributed by atoms with Gasteiger partial charge < -0.3 is 15.0 Å². The van der Waals surface area contributed by atoms with E-state index in [4.69, 9.17) is 4.74 Å². The van der Waals surface area contributed by atoms with E-state index in [0.29, 0.717) is 0 Å². The molecule has 1 fully saturated rings. The van der Waals surface area contributed by atoms with Gasteiger partial charge in [0.1, 0.15) is 11.9 Å². The van der Waals surface area contributed by atoms with Gasteiger partial charge in [0.2, 0.25) is 0 Å². The Balaban J connectivity index is 1.38. The number of carbonyl (C=O) groups is 1. The number of benzene rings is 2. The maximum absolute atomic E-state index is 12.1. The molecule has 0 aliphatic carbocycles. The van der Waals surface area contributed by atoms with Gasteiger partial charge in [-0.3, -0.25) is 4.98 Å². The minimum atomic E-state index is 0.0408. The van der Waals surface area contributed by atoms with Gasteiger partial charge in [-0.15, -0.1) is 0 Å². The quantitative estimate of drug-likeness (QED) is 0.639. The number of carbonyl (C=O) groups excluding carboxylic acids is 1. The second-order valence-electron chi connectivity index (χ2n) is 7.87. The number of para-hydroxylation sites is 1. The van der Waals surface area contributed by atoms with Crippen LogP contribution < -0.4 is 10.1 Å². The predicted molar refractivity (Wildman–Crippen MR) is 121 cm³/mol. The van der Waals surface area contributed by atoms with Crippen LogP contribution in [0.4, 0.5) is 4.79 Å². The van der Waals surface area contributed by atoms with Crippen LogP contribution in [-0.4, -0.2) is 41.7 Å². The first-order chi connectivity index (χ1) is 14.7. The Morgan fingerprint density at radius 2 is 1.87 bits per heavy atom. The number of amides is 2. The highest BCUT2D eigenvalue weighted by atomic mass is 16.5. The molecule has 0 radical (unpaired) electrons. The fourth-order valence-electron chi connectivity index (χ4n) is 4.00. The van der Waals surface area contributed by atoms with Gasteiger partial charge in [-0.25, -0.2) is 4.79 Å². The van der Waals surface area contributed by atoms with Gasteiger partial charge in [-0.2, -0.15) is 0 Å². The average Bonchev–Trinajstić information content (AvgIpc) is 2.79. The fourth-order valence-corrected chi connectivity index (χ4v) is 4.00. The van der Waals surface area contributed by atoms with Crippen LogP contribution in [0.1, 0.15) is 31.7 Å². The SMILES string of the molecule is CCCNC(=O)N1CCC(Oc2ccc(-c3cnc4ccccc4c3C)cc2)CC1. The van der Waals surface area contributed by atoms with Gasteiger partial charge in [0.25, 0.3) is 0 Å². The smallest absolute Gasteiger partial charge is 0.317 e. The molecule has 1 aromatic heterocycles. The minimum Gasteiger partial charge on any atom is -0.490 e. The Labute approximate surface area is 178 Å². The first-order valence-corrected chi connectivity index (χ1v) is 10.8. The van der Waals surface area contributed by atoms with Gasteiger partial charge in [0, 0.05) is 49.6 Å². The van der Waals surface area contributed by atoms with E-state index < -0.39 is 0 Å². The Bertz CT molecular complexity index is 1010. The highest BCUT2D eigenvalue weighted by molar-refractivity contribution is 5.88. The molecule has 0 atom stereocenters. The summed E-state index contributed by atoms with van der Waals surface area (Å²) in [6.07, 6.45) is 4.77. The first kappa shape index (κ1) is 20.2. The van der Waals surface area contributed by atoms with E-state index in [2.05, 4.69) is 48.4 Å². The summed E-state index contributed by atoms with van der Waals surface area (Å²) in [6.45, 7) is 6.41. The van der Waals surface area contributed by atoms with Crippen molar-refractivity contribution in [3.8, 4) is 16.9 Å². The van der Waals surface area contributed by atoms with E-state index in [1.54, 1.807) is 0 Å². The third-order valence-corrected chi connectivity index (χ3v) is 5.77. The zero-order valence-corrected chi connectivity index (χ0v) is 17.7. The summed E-state index contributed by atoms with van der Waals surface area (Å²) in [5.41, 5.74) is 4.54. The fraction of sp³-hybridized carbons (Fsp3) is 0.360. The number of hydrogen-bond donors (Lipinski definition) is 1. The van der Waals surface area contributed by atoms with E-state index >= 15 is 0 Å². The van der Waals surface area contributed by atoms with E-state index in [9.17, 15) is 4.79 Å². The number of piperidine rings is 1. The predicted octanol–water partition coefficient (Wildman–Crippen LogP) is 5.17. The standard InChI is InChI=1S/C25H29N3O2/c1-3-14-26-25(29)28-15-12-21(13-16-28)30-20-10-8-19(9-11-20)23-17-27-24-7-5-4-6-22(24)18(23)2/h4-11,17,21H,3,12-16H2,1-2H3,(H,26,29). The van der Waals surface area contributed by atoms with Crippen LogP contribution >= 0.6 is 0 Å². The molecule has 1 aliphatic heterocycles. The molecule has 0 saturated carbocycles. The topological polar surface area (TPSA) is 54.5 Å². The number of nitrogens with zero attached hydrogens (tertiary/aromatic N) is 2. The van der Waals surface area contributed by atoms with Crippen LogP contribution in [0.25, 0.3) is 22.0 Å². The minimum absolute atomic E-state index is 0.0408. The number of nitrogens with one attached hydrogen (secondary N) is 1. The highest BCUT2D eigenvalue weighted by Crippen LogP contribution is 2.30. The Hall–Kier alpha value is -3.08. The lowest BCUT2D eigenvalue weighted by Gasteiger charge is -2.32. The van der Waals surface area contributed by atoms with Crippen molar-refractivity contribution < 1.29 is 9.53 Å². The van der Waals surface area contributed by atoms with Crippen LogP contribution in [-0.2, 0) is 0 Å². The molecule has 30 heavy (non-hydrogen) atoms. The lowest BCUT2D eigenvalue weighted by molar-refractivity contribution is 0.111. The number of rotatable bonds is 5. The number of ether oxygens (including phenoxy) is 1. The summed E-state index contributed by atoms with van der Waals surface area (Å²) in [5.74, 6) is 0.874. The van der Waals surface area contributed by atoms with Crippen molar-refractivity contribution >= 4 is 16.9 Å². The van der Waals surface area contributed by atoms with Crippen LogP contribution in [0.5, 0.6) is 5.75 Å². The zero-order chi connectivity index (χ0) is 20.9. The third-order valence-electron chi connectivity index (χ3n) is 5.77. The number of pyridine rings is 1. The summed E-state index contributed by atoms with van der Waals surface area (Å²) in [6, 6.07) is 16.5. The molecular formula is C25H29N3O2. The van der Waals surface area contributed by atoms with Crippen molar-refractivity contribution in [2.24, 2.45) is 0 Å². The normalized spacial score (nSPS) is 14.7. The second-order valence-corrected chi connectivity index (χ2v) is 7.87. The third kappa shape index (κ3) is 4.40. The zero-order valence-electron chi connectivity index (χ0n) is 17.7. The Morgan fingerprint density at radius 3 is 2.60 bits per heavy atom. The Morgan fingerprint density at radius 1 is 1.13 bits per heavy atom. The first-order valence-electron chi connectivity index (χ1n) is 10.8. The van der Waals surface area contributed by atoms with Crippen molar-refractivity contribution in [1.29, 1.82) is 0 Å². The number of urea groups is 1. The molecule has 0 bridgehead atoms. The maximum atomic E-state index is 12.1. The molecule has 156 valence electrons. The lowest BCUT2D eigenvalue weighted by atomic mass is 9.99. The molecule has 3 aromatic rings. The molecule has 0 unspecified atom stereocenters.